The second-order valence-electron chi connectivity index (χ2n) is 8.09. The molecule has 0 amide bonds. The van der Waals surface area contributed by atoms with Crippen molar-refractivity contribution in [2.75, 3.05) is 5.32 Å². The molecule has 0 spiro atoms. The number of benzene rings is 3. The van der Waals surface area contributed by atoms with Gasteiger partial charge in [-0.2, -0.15) is 0 Å². The van der Waals surface area contributed by atoms with Crippen LogP contribution in [-0.4, -0.2) is 5.78 Å². The minimum Gasteiger partial charge on any atom is -0.488 e. The highest BCUT2D eigenvalue weighted by Gasteiger charge is 2.12. The molecule has 3 rings (SSSR count). The fraction of sp³-hybridized carbons (Fsp3) is 0.233. The summed E-state index contributed by atoms with van der Waals surface area (Å²) in [6, 6.07) is 18.8. The lowest BCUT2D eigenvalue weighted by molar-refractivity contribution is 0.101. The van der Waals surface area contributed by atoms with Crippen LogP contribution in [0.4, 0.5) is 5.69 Å². The number of nitrogens with one attached hydrogen (secondary N) is 1. The van der Waals surface area contributed by atoms with Gasteiger partial charge in [-0.25, -0.2) is 0 Å². The second kappa shape index (κ2) is 14.4. The van der Waals surface area contributed by atoms with Crippen LogP contribution in [0.15, 0.2) is 78.9 Å². The highest BCUT2D eigenvalue weighted by Crippen LogP contribution is 2.31. The molecule has 1 N–H and O–H groups in total. The zero-order valence-corrected chi connectivity index (χ0v) is 22.5. The number of allylic oxidation sites excluding steroid dienone is 3. The summed E-state index contributed by atoms with van der Waals surface area (Å²) < 4.78 is 6.17. The maximum Gasteiger partial charge on any atom is 0.159 e. The first-order valence-corrected chi connectivity index (χ1v) is 12.4. The van der Waals surface area contributed by atoms with Crippen molar-refractivity contribution in [3.8, 4) is 5.75 Å². The Morgan fingerprint density at radius 1 is 1.03 bits per heavy atom. The topological polar surface area (TPSA) is 38.3 Å². The summed E-state index contributed by atoms with van der Waals surface area (Å²) in [4.78, 5) is 11.8. The van der Waals surface area contributed by atoms with E-state index in [2.05, 4.69) is 19.2 Å². The summed E-state index contributed by atoms with van der Waals surface area (Å²) in [7, 11) is 0. The van der Waals surface area contributed by atoms with Gasteiger partial charge in [-0.05, 0) is 74.4 Å². The minimum absolute atomic E-state index is 0.0117. The van der Waals surface area contributed by atoms with Crippen LogP contribution in [0.25, 0.3) is 5.70 Å². The monoisotopic (exact) mass is 509 g/mol. The Hall–Kier alpha value is -3.01. The first-order chi connectivity index (χ1) is 16.8. The SMILES string of the molecule is C/C=C/C=C(\Nc1cccc(C(C)=O)c1)c1cc(Cl)ccc1OCc1ccc(Cl)c(C)c1.CCC. The zero-order chi connectivity index (χ0) is 25.8. The van der Waals surface area contributed by atoms with E-state index in [-0.39, 0.29) is 5.78 Å². The molecule has 0 aliphatic carbocycles. The average molecular weight is 511 g/mol. The maximum atomic E-state index is 11.8. The highest BCUT2D eigenvalue weighted by molar-refractivity contribution is 6.31. The molecule has 3 aromatic rings. The van der Waals surface area contributed by atoms with Gasteiger partial charge in [0.05, 0.1) is 0 Å². The van der Waals surface area contributed by atoms with E-state index in [9.17, 15) is 4.79 Å². The molecule has 0 aromatic heterocycles. The molecule has 0 saturated carbocycles. The van der Waals surface area contributed by atoms with Gasteiger partial charge < -0.3 is 10.1 Å². The fourth-order valence-electron chi connectivity index (χ4n) is 3.16. The summed E-state index contributed by atoms with van der Waals surface area (Å²) >= 11 is 12.5. The van der Waals surface area contributed by atoms with Crippen molar-refractivity contribution in [3.05, 3.63) is 111 Å². The Kier molecular flexibility index (Phi) is 11.6. The van der Waals surface area contributed by atoms with Gasteiger partial charge >= 0.3 is 0 Å². The van der Waals surface area contributed by atoms with Gasteiger partial charge in [0.1, 0.15) is 12.4 Å². The molecule has 3 aromatic carbocycles. The van der Waals surface area contributed by atoms with Crippen molar-refractivity contribution < 1.29 is 9.53 Å². The summed E-state index contributed by atoms with van der Waals surface area (Å²) in [6.45, 7) is 10.1. The third-order valence-corrected chi connectivity index (χ3v) is 5.51. The molecule has 0 radical (unpaired) electrons. The molecule has 0 saturated heterocycles. The molecular weight excluding hydrogens is 477 g/mol. The number of aryl methyl sites for hydroxylation is 1. The normalized spacial score (nSPS) is 11.1. The number of hydrogen-bond acceptors (Lipinski definition) is 3. The van der Waals surface area contributed by atoms with E-state index in [1.165, 1.54) is 6.42 Å². The van der Waals surface area contributed by atoms with Crippen LogP contribution in [0.5, 0.6) is 5.75 Å². The molecule has 3 nitrogen and oxygen atoms in total. The van der Waals surface area contributed by atoms with Crippen LogP contribution >= 0.6 is 23.2 Å². The highest BCUT2D eigenvalue weighted by atomic mass is 35.5. The summed E-state index contributed by atoms with van der Waals surface area (Å²) in [5, 5.41) is 4.74. The number of hydrogen-bond donors (Lipinski definition) is 1. The lowest BCUT2D eigenvalue weighted by atomic mass is 10.1. The van der Waals surface area contributed by atoms with E-state index in [1.54, 1.807) is 19.1 Å². The first kappa shape index (κ1) is 28.2. The Labute approximate surface area is 219 Å². The number of rotatable bonds is 8. The largest absolute Gasteiger partial charge is 0.488 e. The quantitative estimate of drug-likeness (QED) is 0.242. The van der Waals surface area contributed by atoms with E-state index in [0.717, 1.165) is 33.1 Å². The van der Waals surface area contributed by atoms with Gasteiger partial charge in [0.25, 0.3) is 0 Å². The zero-order valence-electron chi connectivity index (χ0n) is 21.0. The van der Waals surface area contributed by atoms with Crippen molar-refractivity contribution >= 4 is 40.4 Å². The molecule has 0 fully saturated rings. The van der Waals surface area contributed by atoms with Gasteiger partial charge in [-0.15, -0.1) is 0 Å². The standard InChI is InChI=1S/C27H25Cl2NO2.C3H8/c1-4-5-9-26(30-23-8-6-7-21(15-23)19(3)31)24-16-22(28)11-13-27(24)32-17-20-10-12-25(29)18(2)14-20;1-3-2/h4-16,30H,17H2,1-3H3;3H2,1-2H3/b5-4+,26-9-;. The molecule has 0 aliphatic heterocycles. The number of ketones is 1. The molecule has 0 bridgehead atoms. The molecule has 35 heavy (non-hydrogen) atoms. The number of Topliss-reactive ketones (excluding diaryl/α,β-unsaturated/α-hetero) is 1. The van der Waals surface area contributed by atoms with Crippen molar-refractivity contribution in [2.45, 2.75) is 47.6 Å². The smallest absolute Gasteiger partial charge is 0.159 e. The van der Waals surface area contributed by atoms with Crippen LogP contribution in [0.1, 0.15) is 61.2 Å². The fourth-order valence-corrected chi connectivity index (χ4v) is 3.45. The first-order valence-electron chi connectivity index (χ1n) is 11.7. The second-order valence-corrected chi connectivity index (χ2v) is 8.93. The summed E-state index contributed by atoms with van der Waals surface area (Å²) in [5.74, 6) is 0.700. The molecule has 0 unspecified atom stereocenters. The third-order valence-electron chi connectivity index (χ3n) is 4.85. The average Bonchev–Trinajstić information content (AvgIpc) is 2.83. The number of anilines is 1. The third kappa shape index (κ3) is 8.93. The van der Waals surface area contributed by atoms with Gasteiger partial charge in [-0.1, -0.05) is 79.9 Å². The summed E-state index contributed by atoms with van der Waals surface area (Å²) in [6.07, 6.45) is 7.07. The van der Waals surface area contributed by atoms with Crippen LogP contribution < -0.4 is 10.1 Å². The van der Waals surface area contributed by atoms with Gasteiger partial charge in [-0.3, -0.25) is 4.79 Å². The van der Waals surface area contributed by atoms with Crippen molar-refractivity contribution in [3.63, 3.8) is 0 Å². The number of halogens is 2. The summed E-state index contributed by atoms with van der Waals surface area (Å²) in [5.41, 5.74) is 5.08. The molecule has 5 heteroatoms. The van der Waals surface area contributed by atoms with E-state index < -0.39 is 0 Å². The van der Waals surface area contributed by atoms with Crippen LogP contribution in [0.2, 0.25) is 10.0 Å². The minimum atomic E-state index is 0.0117. The van der Waals surface area contributed by atoms with Gasteiger partial charge in [0, 0.05) is 32.6 Å². The van der Waals surface area contributed by atoms with E-state index in [1.807, 2.05) is 80.6 Å². The van der Waals surface area contributed by atoms with E-state index in [0.29, 0.717) is 22.9 Å². The van der Waals surface area contributed by atoms with Gasteiger partial charge in [0.2, 0.25) is 0 Å². The molecule has 184 valence electrons. The molecule has 0 aliphatic rings. The lowest BCUT2D eigenvalue weighted by Gasteiger charge is -2.17. The number of carbonyl (C=O) groups is 1. The predicted octanol–water partition coefficient (Wildman–Crippen LogP) is 9.53. The molecule has 0 atom stereocenters. The van der Waals surface area contributed by atoms with Crippen LogP contribution in [-0.2, 0) is 6.61 Å². The lowest BCUT2D eigenvalue weighted by Crippen LogP contribution is -2.04. The number of carbonyl (C=O) groups excluding carboxylic acids is 1. The Balaban J connectivity index is 0.00000137. The van der Waals surface area contributed by atoms with Crippen LogP contribution in [0, 0.1) is 6.92 Å². The van der Waals surface area contributed by atoms with Crippen molar-refractivity contribution in [1.82, 2.24) is 0 Å². The van der Waals surface area contributed by atoms with Crippen molar-refractivity contribution in [1.29, 1.82) is 0 Å². The predicted molar refractivity (Wildman–Crippen MR) is 151 cm³/mol. The van der Waals surface area contributed by atoms with E-state index in [4.69, 9.17) is 27.9 Å². The van der Waals surface area contributed by atoms with E-state index >= 15 is 0 Å². The Bertz CT molecular complexity index is 1200. The van der Waals surface area contributed by atoms with Crippen molar-refractivity contribution in [2.24, 2.45) is 0 Å². The van der Waals surface area contributed by atoms with Gasteiger partial charge in [0.15, 0.2) is 5.78 Å². The Morgan fingerprint density at radius 2 is 1.77 bits per heavy atom. The maximum absolute atomic E-state index is 11.8. The Morgan fingerprint density at radius 3 is 2.43 bits per heavy atom. The number of ether oxygens (including phenoxy) is 1. The molecular formula is C30H33Cl2NO2. The van der Waals surface area contributed by atoms with Crippen LogP contribution in [0.3, 0.4) is 0 Å². The molecule has 0 heterocycles.